The van der Waals surface area contributed by atoms with Crippen molar-refractivity contribution in [2.24, 2.45) is 5.92 Å². The molecule has 0 bridgehead atoms. The number of nitrogens with zero attached hydrogens (tertiary/aromatic N) is 1. The molecule has 112 valence electrons. The molecule has 0 aliphatic carbocycles. The van der Waals surface area contributed by atoms with Crippen LogP contribution in [0.4, 0.5) is 0 Å². The van der Waals surface area contributed by atoms with Crippen LogP contribution in [0.25, 0.3) is 0 Å². The number of hydrogen-bond donors (Lipinski definition) is 2. The zero-order valence-corrected chi connectivity index (χ0v) is 12.8. The van der Waals surface area contributed by atoms with Gasteiger partial charge in [-0.05, 0) is 32.4 Å². The maximum absolute atomic E-state index is 12.2. The van der Waals surface area contributed by atoms with Gasteiger partial charge in [-0.25, -0.2) is 0 Å². The van der Waals surface area contributed by atoms with Gasteiger partial charge in [0, 0.05) is 0 Å². The van der Waals surface area contributed by atoms with E-state index in [-0.39, 0.29) is 17.9 Å². The van der Waals surface area contributed by atoms with Crippen LogP contribution in [0.2, 0.25) is 0 Å². The van der Waals surface area contributed by atoms with E-state index in [9.17, 15) is 9.59 Å². The minimum Gasteiger partial charge on any atom is -0.480 e. The van der Waals surface area contributed by atoms with Crippen LogP contribution in [0.5, 0.6) is 0 Å². The predicted octanol–water partition coefficient (Wildman–Crippen LogP) is 1.72. The zero-order valence-electron chi connectivity index (χ0n) is 12.8. The number of likely N-dealkylation sites (N-methyl/N-ethyl adjacent to an activating group) is 1. The molecule has 0 saturated carbocycles. The average molecular weight is 272 g/mol. The first-order valence-corrected chi connectivity index (χ1v) is 7.12. The summed E-state index contributed by atoms with van der Waals surface area (Å²) in [6.07, 6.45) is 2.12. The molecule has 5 nitrogen and oxygen atoms in total. The fourth-order valence-electron chi connectivity index (χ4n) is 2.11. The highest BCUT2D eigenvalue weighted by Crippen LogP contribution is 2.12. The number of carbonyl (C=O) groups excluding carboxylic acids is 1. The topological polar surface area (TPSA) is 69.6 Å². The van der Waals surface area contributed by atoms with Gasteiger partial charge in [-0.3, -0.25) is 14.5 Å². The standard InChI is InChI=1S/C14H28N2O3/c1-6-8-9-16(7-2)12(10(3)4)13(17)15-11(5)14(18)19/h10-12H,6-9H2,1-5H3,(H,15,17)(H,18,19). The van der Waals surface area contributed by atoms with E-state index in [4.69, 9.17) is 5.11 Å². The summed E-state index contributed by atoms with van der Waals surface area (Å²) in [7, 11) is 0. The van der Waals surface area contributed by atoms with Crippen LogP contribution in [0, 0.1) is 5.92 Å². The quantitative estimate of drug-likeness (QED) is 0.670. The first-order chi connectivity index (χ1) is 8.84. The molecule has 0 rings (SSSR count). The van der Waals surface area contributed by atoms with Gasteiger partial charge >= 0.3 is 5.97 Å². The number of aliphatic carboxylic acids is 1. The maximum atomic E-state index is 12.2. The molecule has 0 aromatic carbocycles. The highest BCUT2D eigenvalue weighted by molar-refractivity contribution is 5.86. The van der Waals surface area contributed by atoms with Crippen molar-refractivity contribution in [2.45, 2.75) is 59.5 Å². The Bertz CT molecular complexity index is 292. The van der Waals surface area contributed by atoms with Gasteiger partial charge in [0.05, 0.1) is 6.04 Å². The molecule has 0 spiro atoms. The summed E-state index contributed by atoms with van der Waals surface area (Å²) in [6.45, 7) is 11.3. The lowest BCUT2D eigenvalue weighted by atomic mass is 10.0. The number of carbonyl (C=O) groups is 2. The van der Waals surface area contributed by atoms with E-state index < -0.39 is 12.0 Å². The van der Waals surface area contributed by atoms with Crippen molar-refractivity contribution in [3.05, 3.63) is 0 Å². The molecule has 0 aliphatic heterocycles. The maximum Gasteiger partial charge on any atom is 0.325 e. The van der Waals surface area contributed by atoms with Gasteiger partial charge in [-0.1, -0.05) is 34.1 Å². The van der Waals surface area contributed by atoms with Gasteiger partial charge in [0.25, 0.3) is 0 Å². The van der Waals surface area contributed by atoms with Crippen molar-refractivity contribution < 1.29 is 14.7 Å². The third-order valence-corrected chi connectivity index (χ3v) is 3.23. The highest BCUT2D eigenvalue weighted by Gasteiger charge is 2.29. The molecule has 5 heteroatoms. The lowest BCUT2D eigenvalue weighted by Crippen LogP contribution is -2.53. The second-order valence-electron chi connectivity index (χ2n) is 5.24. The van der Waals surface area contributed by atoms with Crippen molar-refractivity contribution in [3.63, 3.8) is 0 Å². The molecule has 2 unspecified atom stereocenters. The summed E-state index contributed by atoms with van der Waals surface area (Å²) < 4.78 is 0. The largest absolute Gasteiger partial charge is 0.480 e. The highest BCUT2D eigenvalue weighted by atomic mass is 16.4. The third kappa shape index (κ3) is 6.05. The molecule has 0 aliphatic rings. The average Bonchev–Trinajstić information content (AvgIpc) is 2.33. The minimum absolute atomic E-state index is 0.151. The molecule has 0 aromatic heterocycles. The van der Waals surface area contributed by atoms with E-state index in [1.165, 1.54) is 6.92 Å². The number of carboxylic acid groups (broad SMARTS) is 1. The normalized spacial score (nSPS) is 14.5. The van der Waals surface area contributed by atoms with Crippen LogP contribution in [0.15, 0.2) is 0 Å². The van der Waals surface area contributed by atoms with Crippen LogP contribution >= 0.6 is 0 Å². The number of hydrogen-bond acceptors (Lipinski definition) is 3. The van der Waals surface area contributed by atoms with E-state index in [2.05, 4.69) is 17.1 Å². The summed E-state index contributed by atoms with van der Waals surface area (Å²) in [6, 6.07) is -1.11. The SMILES string of the molecule is CCCCN(CC)C(C(=O)NC(C)C(=O)O)C(C)C. The molecular weight excluding hydrogens is 244 g/mol. The first kappa shape index (κ1) is 17.9. The van der Waals surface area contributed by atoms with E-state index in [1.807, 2.05) is 20.8 Å². The Morgan fingerprint density at radius 3 is 2.16 bits per heavy atom. The van der Waals surface area contributed by atoms with Crippen molar-refractivity contribution in [3.8, 4) is 0 Å². The van der Waals surface area contributed by atoms with Gasteiger partial charge < -0.3 is 10.4 Å². The monoisotopic (exact) mass is 272 g/mol. The Hall–Kier alpha value is -1.10. The number of carboxylic acids is 1. The third-order valence-electron chi connectivity index (χ3n) is 3.23. The van der Waals surface area contributed by atoms with Crippen molar-refractivity contribution in [1.82, 2.24) is 10.2 Å². The Morgan fingerprint density at radius 1 is 1.21 bits per heavy atom. The molecule has 1 amide bonds. The molecule has 0 saturated heterocycles. The molecule has 19 heavy (non-hydrogen) atoms. The molecule has 0 heterocycles. The number of rotatable bonds is 9. The smallest absolute Gasteiger partial charge is 0.325 e. The molecule has 0 fully saturated rings. The number of nitrogens with one attached hydrogen (secondary N) is 1. The molecule has 2 N–H and O–H groups in total. The van der Waals surface area contributed by atoms with E-state index in [0.717, 1.165) is 25.9 Å². The molecule has 2 atom stereocenters. The van der Waals surface area contributed by atoms with Gasteiger partial charge in [-0.2, -0.15) is 0 Å². The number of amides is 1. The molecular formula is C14H28N2O3. The van der Waals surface area contributed by atoms with Crippen LogP contribution < -0.4 is 5.32 Å². The first-order valence-electron chi connectivity index (χ1n) is 7.12. The van der Waals surface area contributed by atoms with Crippen molar-refractivity contribution in [1.29, 1.82) is 0 Å². The van der Waals surface area contributed by atoms with Gasteiger partial charge in [0.1, 0.15) is 6.04 Å². The second-order valence-corrected chi connectivity index (χ2v) is 5.24. The fraction of sp³-hybridized carbons (Fsp3) is 0.857. The van der Waals surface area contributed by atoms with Gasteiger partial charge in [0.15, 0.2) is 0 Å². The summed E-state index contributed by atoms with van der Waals surface area (Å²) in [5.74, 6) is -1.05. The van der Waals surface area contributed by atoms with Crippen molar-refractivity contribution >= 4 is 11.9 Å². The summed E-state index contributed by atoms with van der Waals surface area (Å²) >= 11 is 0. The van der Waals surface area contributed by atoms with Crippen LogP contribution in [0.3, 0.4) is 0 Å². The van der Waals surface area contributed by atoms with E-state index in [1.54, 1.807) is 0 Å². The fourth-order valence-corrected chi connectivity index (χ4v) is 2.11. The van der Waals surface area contributed by atoms with Crippen molar-refractivity contribution in [2.75, 3.05) is 13.1 Å². The number of unbranched alkanes of at least 4 members (excludes halogenated alkanes) is 1. The Kier molecular flexibility index (Phi) is 8.39. The van der Waals surface area contributed by atoms with E-state index >= 15 is 0 Å². The minimum atomic E-state index is -1.01. The summed E-state index contributed by atoms with van der Waals surface area (Å²) in [5, 5.41) is 11.4. The Labute approximate surface area is 116 Å². The van der Waals surface area contributed by atoms with E-state index in [0.29, 0.717) is 0 Å². The predicted molar refractivity (Wildman–Crippen MR) is 76.0 cm³/mol. The Balaban J connectivity index is 4.77. The van der Waals surface area contributed by atoms with Crippen LogP contribution in [-0.2, 0) is 9.59 Å². The Morgan fingerprint density at radius 2 is 1.79 bits per heavy atom. The summed E-state index contributed by atoms with van der Waals surface area (Å²) in [5.41, 5.74) is 0. The molecule has 0 radical (unpaired) electrons. The lowest BCUT2D eigenvalue weighted by Gasteiger charge is -2.33. The van der Waals surface area contributed by atoms with Crippen LogP contribution in [-0.4, -0.2) is 47.1 Å². The van der Waals surface area contributed by atoms with Gasteiger partial charge in [-0.15, -0.1) is 0 Å². The lowest BCUT2D eigenvalue weighted by molar-refractivity contribution is -0.142. The van der Waals surface area contributed by atoms with Crippen LogP contribution in [0.1, 0.15) is 47.5 Å². The molecule has 0 aromatic rings. The second kappa shape index (κ2) is 8.91. The van der Waals surface area contributed by atoms with Gasteiger partial charge in [0.2, 0.25) is 5.91 Å². The zero-order chi connectivity index (χ0) is 15.0. The summed E-state index contributed by atoms with van der Waals surface area (Å²) in [4.78, 5) is 25.2.